The highest BCUT2D eigenvalue weighted by molar-refractivity contribution is 9.10. The van der Waals surface area contributed by atoms with Gasteiger partial charge in [-0.25, -0.2) is 4.98 Å². The van der Waals surface area contributed by atoms with Gasteiger partial charge in [-0.15, -0.1) is 0 Å². The lowest BCUT2D eigenvalue weighted by atomic mass is 9.93. The monoisotopic (exact) mass is 329 g/mol. The van der Waals surface area contributed by atoms with Crippen LogP contribution in [-0.4, -0.2) is 27.2 Å². The summed E-state index contributed by atoms with van der Waals surface area (Å²) < 4.78 is 0.632. The van der Waals surface area contributed by atoms with Gasteiger partial charge in [-0.3, -0.25) is 10.1 Å². The van der Waals surface area contributed by atoms with E-state index in [-0.39, 0.29) is 17.8 Å². The number of rotatable bonds is 3. The summed E-state index contributed by atoms with van der Waals surface area (Å²) in [5.74, 6) is 0.629. The molecule has 1 fully saturated rings. The molecule has 0 bridgehead atoms. The van der Waals surface area contributed by atoms with Crippen LogP contribution < -0.4 is 5.32 Å². The van der Waals surface area contributed by atoms with Crippen molar-refractivity contribution in [3.05, 3.63) is 26.3 Å². The van der Waals surface area contributed by atoms with Crippen LogP contribution in [0.4, 0.5) is 11.5 Å². The zero-order chi connectivity index (χ0) is 14.0. The summed E-state index contributed by atoms with van der Waals surface area (Å²) >= 11 is 3.36. The minimum atomic E-state index is -0.437. The summed E-state index contributed by atoms with van der Waals surface area (Å²) in [6.45, 7) is 1.69. The molecule has 0 aliphatic heterocycles. The summed E-state index contributed by atoms with van der Waals surface area (Å²) in [5.41, 5.74) is 0.579. The maximum absolute atomic E-state index is 10.8. The number of hydrogen-bond acceptors (Lipinski definition) is 5. The van der Waals surface area contributed by atoms with E-state index in [9.17, 15) is 15.2 Å². The van der Waals surface area contributed by atoms with Gasteiger partial charge in [0.05, 0.1) is 15.5 Å². The van der Waals surface area contributed by atoms with E-state index in [0.717, 1.165) is 25.7 Å². The molecule has 0 radical (unpaired) electrons. The Bertz CT molecular complexity index is 487. The van der Waals surface area contributed by atoms with Crippen LogP contribution in [0.5, 0.6) is 0 Å². The van der Waals surface area contributed by atoms with Crippen LogP contribution in [0.1, 0.15) is 31.2 Å². The molecule has 0 unspecified atom stereocenters. The Kier molecular flexibility index (Phi) is 4.36. The third kappa shape index (κ3) is 3.22. The molecule has 0 saturated heterocycles. The van der Waals surface area contributed by atoms with Crippen LogP contribution in [-0.2, 0) is 0 Å². The van der Waals surface area contributed by atoms with E-state index in [2.05, 4.69) is 26.2 Å². The molecule has 1 aromatic heterocycles. The van der Waals surface area contributed by atoms with Crippen molar-refractivity contribution in [1.82, 2.24) is 4.98 Å². The molecule has 6 nitrogen and oxygen atoms in total. The fourth-order valence-corrected chi connectivity index (χ4v) is 2.69. The molecule has 7 heteroatoms. The first-order valence-electron chi connectivity index (χ1n) is 6.23. The maximum atomic E-state index is 10.8. The van der Waals surface area contributed by atoms with Crippen LogP contribution in [0.2, 0.25) is 0 Å². The summed E-state index contributed by atoms with van der Waals surface area (Å²) in [6.07, 6.45) is 4.40. The van der Waals surface area contributed by atoms with E-state index in [1.54, 1.807) is 6.92 Å². The zero-order valence-corrected chi connectivity index (χ0v) is 12.2. The van der Waals surface area contributed by atoms with Crippen molar-refractivity contribution in [2.24, 2.45) is 0 Å². The lowest BCUT2D eigenvalue weighted by Crippen LogP contribution is -2.28. The van der Waals surface area contributed by atoms with Gasteiger partial charge in [0.1, 0.15) is 12.0 Å². The average Bonchev–Trinajstić information content (AvgIpc) is 2.37. The highest BCUT2D eigenvalue weighted by atomic mass is 79.9. The molecule has 0 aromatic carbocycles. The van der Waals surface area contributed by atoms with Crippen LogP contribution in [0.3, 0.4) is 0 Å². The third-order valence-corrected chi connectivity index (χ3v) is 4.44. The number of nitro groups is 1. The number of pyridine rings is 1. The lowest BCUT2D eigenvalue weighted by Gasteiger charge is -2.27. The molecule has 2 N–H and O–H groups in total. The Labute approximate surface area is 119 Å². The van der Waals surface area contributed by atoms with Gasteiger partial charge in [-0.1, -0.05) is 0 Å². The number of nitrogens with one attached hydrogen (secondary N) is 1. The topological polar surface area (TPSA) is 88.3 Å². The smallest absolute Gasteiger partial charge is 0.291 e. The number of hydrogen-bond donors (Lipinski definition) is 2. The fourth-order valence-electron chi connectivity index (χ4n) is 2.27. The Morgan fingerprint density at radius 3 is 2.68 bits per heavy atom. The highest BCUT2D eigenvalue weighted by Gasteiger charge is 2.22. The molecule has 1 heterocycles. The molecule has 1 aliphatic carbocycles. The van der Waals surface area contributed by atoms with Crippen molar-refractivity contribution in [2.45, 2.75) is 44.8 Å². The molecule has 0 amide bonds. The first kappa shape index (κ1) is 14.2. The predicted octanol–water partition coefficient (Wildman–Crippen LogP) is 2.78. The zero-order valence-electron chi connectivity index (χ0n) is 10.6. The first-order chi connectivity index (χ1) is 8.99. The standard InChI is InChI=1S/C12H16BrN3O3/c1-7-10(16(18)19)6-14-12(11(7)13)15-8-2-4-9(17)5-3-8/h6,8-9,17H,2-5H2,1H3,(H,14,15). The van der Waals surface area contributed by atoms with Crippen molar-refractivity contribution in [1.29, 1.82) is 0 Å². The van der Waals surface area contributed by atoms with Crippen LogP contribution >= 0.6 is 15.9 Å². The van der Waals surface area contributed by atoms with Gasteiger partial charge in [0.2, 0.25) is 0 Å². The van der Waals surface area contributed by atoms with Gasteiger partial charge in [0.15, 0.2) is 0 Å². The van der Waals surface area contributed by atoms with E-state index < -0.39 is 4.92 Å². The number of nitrogens with zero attached hydrogens (tertiary/aromatic N) is 2. The van der Waals surface area contributed by atoms with Gasteiger partial charge >= 0.3 is 0 Å². The quantitative estimate of drug-likeness (QED) is 0.657. The Hall–Kier alpha value is -1.21. The maximum Gasteiger partial charge on any atom is 0.291 e. The molecule has 2 rings (SSSR count). The van der Waals surface area contributed by atoms with Crippen LogP contribution in [0, 0.1) is 17.0 Å². The summed E-state index contributed by atoms with van der Waals surface area (Å²) in [4.78, 5) is 14.5. The van der Waals surface area contributed by atoms with E-state index >= 15 is 0 Å². The average molecular weight is 330 g/mol. The van der Waals surface area contributed by atoms with Crippen molar-refractivity contribution in [2.75, 3.05) is 5.32 Å². The van der Waals surface area contributed by atoms with E-state index in [0.29, 0.717) is 15.9 Å². The largest absolute Gasteiger partial charge is 0.393 e. The molecular weight excluding hydrogens is 314 g/mol. The summed E-state index contributed by atoms with van der Waals surface area (Å²) in [5, 5.41) is 23.6. The molecule has 104 valence electrons. The fraction of sp³-hybridized carbons (Fsp3) is 0.583. The van der Waals surface area contributed by atoms with Gasteiger partial charge in [-0.2, -0.15) is 0 Å². The molecule has 1 aromatic rings. The van der Waals surface area contributed by atoms with Crippen molar-refractivity contribution >= 4 is 27.4 Å². The van der Waals surface area contributed by atoms with Crippen molar-refractivity contribution in [3.63, 3.8) is 0 Å². The van der Waals surface area contributed by atoms with Gasteiger partial charge in [0.25, 0.3) is 5.69 Å². The van der Waals surface area contributed by atoms with E-state index in [1.807, 2.05) is 0 Å². The van der Waals surface area contributed by atoms with Gasteiger partial charge in [-0.05, 0) is 48.5 Å². The molecule has 0 atom stereocenters. The second kappa shape index (κ2) is 5.83. The normalized spacial score (nSPS) is 23.1. The van der Waals surface area contributed by atoms with Gasteiger partial charge in [0, 0.05) is 11.6 Å². The SMILES string of the molecule is Cc1c([N+](=O)[O-])cnc(NC2CCC(O)CC2)c1Br. The summed E-state index contributed by atoms with van der Waals surface area (Å²) in [7, 11) is 0. The third-order valence-electron chi connectivity index (χ3n) is 3.47. The van der Waals surface area contributed by atoms with Crippen LogP contribution in [0.25, 0.3) is 0 Å². The van der Waals surface area contributed by atoms with Crippen molar-refractivity contribution < 1.29 is 10.0 Å². The summed E-state index contributed by atoms with van der Waals surface area (Å²) in [6, 6.07) is 0.257. The number of aliphatic hydroxyl groups excluding tert-OH is 1. The number of halogens is 1. The van der Waals surface area contributed by atoms with E-state index in [4.69, 9.17) is 0 Å². The number of aliphatic hydroxyl groups is 1. The van der Waals surface area contributed by atoms with Gasteiger partial charge < -0.3 is 10.4 Å². The molecule has 1 aliphatic rings. The molecule has 19 heavy (non-hydrogen) atoms. The number of anilines is 1. The molecule has 1 saturated carbocycles. The number of aromatic nitrogens is 1. The van der Waals surface area contributed by atoms with Crippen molar-refractivity contribution in [3.8, 4) is 0 Å². The van der Waals surface area contributed by atoms with Crippen LogP contribution in [0.15, 0.2) is 10.7 Å². The Morgan fingerprint density at radius 1 is 1.47 bits per heavy atom. The van der Waals surface area contributed by atoms with E-state index in [1.165, 1.54) is 6.20 Å². The Balaban J connectivity index is 2.13. The predicted molar refractivity (Wildman–Crippen MR) is 75.2 cm³/mol. The minimum Gasteiger partial charge on any atom is -0.393 e. The second-order valence-corrected chi connectivity index (χ2v) is 5.63. The Morgan fingerprint density at radius 2 is 2.11 bits per heavy atom. The first-order valence-corrected chi connectivity index (χ1v) is 7.02. The molecule has 0 spiro atoms. The molecular formula is C12H16BrN3O3. The minimum absolute atomic E-state index is 0.0106. The highest BCUT2D eigenvalue weighted by Crippen LogP contribution is 2.32. The lowest BCUT2D eigenvalue weighted by molar-refractivity contribution is -0.385. The second-order valence-electron chi connectivity index (χ2n) is 4.84.